The van der Waals surface area contributed by atoms with Gasteiger partial charge in [0.05, 0.1) is 10.3 Å². The van der Waals surface area contributed by atoms with Crippen LogP contribution in [0.5, 0.6) is 5.75 Å². The van der Waals surface area contributed by atoms with Crippen LogP contribution >= 0.6 is 23.4 Å². The highest BCUT2D eigenvalue weighted by Crippen LogP contribution is 2.40. The molecule has 1 unspecified atom stereocenters. The molecule has 1 N–H and O–H groups in total. The summed E-state index contributed by atoms with van der Waals surface area (Å²) in [6.07, 6.45) is 2.15. The van der Waals surface area contributed by atoms with E-state index in [0.717, 1.165) is 40.6 Å². The monoisotopic (exact) mass is 456 g/mol. The first-order valence-corrected chi connectivity index (χ1v) is 11.5. The molecule has 1 amide bonds. The number of carbonyl (C=O) groups is 1. The maximum Gasteiger partial charge on any atom is 0.237 e. The van der Waals surface area contributed by atoms with E-state index < -0.39 is 0 Å². The van der Waals surface area contributed by atoms with Gasteiger partial charge >= 0.3 is 0 Å². The molecular formula is C23H25ClN4O2S. The van der Waals surface area contributed by atoms with E-state index in [4.69, 9.17) is 16.3 Å². The van der Waals surface area contributed by atoms with E-state index in [0.29, 0.717) is 16.8 Å². The maximum absolute atomic E-state index is 12.8. The molecule has 4 rings (SSSR count). The van der Waals surface area contributed by atoms with Crippen molar-refractivity contribution in [2.75, 3.05) is 5.32 Å². The number of benzene rings is 2. The molecule has 1 aliphatic carbocycles. The zero-order valence-electron chi connectivity index (χ0n) is 17.8. The Hall–Kier alpha value is -2.51. The van der Waals surface area contributed by atoms with Crippen LogP contribution in [0, 0.1) is 13.8 Å². The highest BCUT2D eigenvalue weighted by Gasteiger charge is 2.31. The van der Waals surface area contributed by atoms with E-state index in [1.165, 1.54) is 11.8 Å². The summed E-state index contributed by atoms with van der Waals surface area (Å²) in [7, 11) is 0. The standard InChI is InChI=1S/C23H25ClN4O2S/c1-14-8-9-15(2)19(12-14)25-22(29)16(3)31-23-27-26-21(28(23)17-10-11-17)13-30-20-7-5-4-6-18(20)24/h4-9,12,16-17H,10-11,13H2,1-3H3,(H,25,29). The highest BCUT2D eigenvalue weighted by atomic mass is 35.5. The third kappa shape index (κ3) is 5.22. The number of hydrogen-bond acceptors (Lipinski definition) is 5. The second-order valence-corrected chi connectivity index (χ2v) is 9.50. The van der Waals surface area contributed by atoms with Crippen LogP contribution in [0.3, 0.4) is 0 Å². The zero-order chi connectivity index (χ0) is 22.0. The van der Waals surface area contributed by atoms with Crippen molar-refractivity contribution < 1.29 is 9.53 Å². The lowest BCUT2D eigenvalue weighted by molar-refractivity contribution is -0.115. The first-order chi connectivity index (χ1) is 14.9. The topological polar surface area (TPSA) is 69.0 Å². The van der Waals surface area contributed by atoms with Gasteiger partial charge in [-0.25, -0.2) is 0 Å². The molecule has 1 atom stereocenters. The molecule has 1 fully saturated rings. The van der Waals surface area contributed by atoms with Gasteiger partial charge in [-0.05, 0) is 62.9 Å². The van der Waals surface area contributed by atoms with Crippen LogP contribution in [0.25, 0.3) is 0 Å². The summed E-state index contributed by atoms with van der Waals surface area (Å²) < 4.78 is 7.97. The Bertz CT molecular complexity index is 1100. The molecule has 3 aromatic rings. The van der Waals surface area contributed by atoms with Gasteiger partial charge in [0.15, 0.2) is 11.0 Å². The van der Waals surface area contributed by atoms with Crippen molar-refractivity contribution in [1.82, 2.24) is 14.8 Å². The predicted molar refractivity (Wildman–Crippen MR) is 124 cm³/mol. The third-order valence-corrected chi connectivity index (χ3v) is 6.51. The molecule has 1 aliphatic rings. The van der Waals surface area contributed by atoms with Gasteiger partial charge < -0.3 is 10.1 Å². The van der Waals surface area contributed by atoms with Gasteiger partial charge in [0.1, 0.15) is 12.4 Å². The maximum atomic E-state index is 12.8. The smallest absolute Gasteiger partial charge is 0.237 e. The predicted octanol–water partition coefficient (Wildman–Crippen LogP) is 5.58. The molecule has 0 spiro atoms. The zero-order valence-corrected chi connectivity index (χ0v) is 19.3. The molecule has 8 heteroatoms. The molecule has 0 bridgehead atoms. The quantitative estimate of drug-likeness (QED) is 0.448. The summed E-state index contributed by atoms with van der Waals surface area (Å²) in [6, 6.07) is 13.8. The van der Waals surface area contributed by atoms with Crippen LogP contribution < -0.4 is 10.1 Å². The van der Waals surface area contributed by atoms with Gasteiger partial charge in [-0.1, -0.05) is 47.6 Å². The number of nitrogens with one attached hydrogen (secondary N) is 1. The fourth-order valence-electron chi connectivity index (χ4n) is 3.21. The van der Waals surface area contributed by atoms with Gasteiger partial charge in [-0.3, -0.25) is 9.36 Å². The molecule has 1 heterocycles. The van der Waals surface area contributed by atoms with Crippen molar-refractivity contribution in [2.24, 2.45) is 0 Å². The lowest BCUT2D eigenvalue weighted by atomic mass is 10.1. The number of halogens is 1. The van der Waals surface area contributed by atoms with Crippen LogP contribution in [0.15, 0.2) is 47.6 Å². The van der Waals surface area contributed by atoms with Gasteiger partial charge in [0.25, 0.3) is 0 Å². The first-order valence-electron chi connectivity index (χ1n) is 10.3. The minimum Gasteiger partial charge on any atom is -0.484 e. The van der Waals surface area contributed by atoms with Crippen molar-refractivity contribution in [3.05, 3.63) is 64.4 Å². The average Bonchev–Trinajstić information content (AvgIpc) is 3.51. The van der Waals surface area contributed by atoms with Gasteiger partial charge in [0.2, 0.25) is 5.91 Å². The number of anilines is 1. The summed E-state index contributed by atoms with van der Waals surface area (Å²) in [4.78, 5) is 12.8. The Kier molecular flexibility index (Phi) is 6.53. The van der Waals surface area contributed by atoms with Crippen molar-refractivity contribution in [3.8, 4) is 5.75 Å². The normalized spacial score (nSPS) is 14.3. The fraction of sp³-hybridized carbons (Fsp3) is 0.348. The van der Waals surface area contributed by atoms with E-state index in [-0.39, 0.29) is 17.8 Å². The minimum atomic E-state index is -0.320. The largest absolute Gasteiger partial charge is 0.484 e. The number of aromatic nitrogens is 3. The first kappa shape index (κ1) is 21.7. The van der Waals surface area contributed by atoms with Crippen LogP contribution in [0.4, 0.5) is 5.69 Å². The lowest BCUT2D eigenvalue weighted by Gasteiger charge is -2.15. The number of para-hydroxylation sites is 1. The van der Waals surface area contributed by atoms with E-state index in [9.17, 15) is 4.79 Å². The Morgan fingerprint density at radius 1 is 1.26 bits per heavy atom. The van der Waals surface area contributed by atoms with Crippen LogP contribution in [0.2, 0.25) is 5.02 Å². The number of aryl methyl sites for hydroxylation is 2. The average molecular weight is 457 g/mol. The number of thioether (sulfide) groups is 1. The summed E-state index contributed by atoms with van der Waals surface area (Å²) >= 11 is 7.60. The number of amides is 1. The van der Waals surface area contributed by atoms with E-state index in [1.54, 1.807) is 6.07 Å². The molecule has 31 heavy (non-hydrogen) atoms. The van der Waals surface area contributed by atoms with Gasteiger partial charge in [0, 0.05) is 11.7 Å². The lowest BCUT2D eigenvalue weighted by Crippen LogP contribution is -2.23. The fourth-order valence-corrected chi connectivity index (χ4v) is 4.33. The van der Waals surface area contributed by atoms with Gasteiger partial charge in [-0.15, -0.1) is 10.2 Å². The Balaban J connectivity index is 1.45. The second-order valence-electron chi connectivity index (χ2n) is 7.79. The Morgan fingerprint density at radius 3 is 2.77 bits per heavy atom. The summed E-state index contributed by atoms with van der Waals surface area (Å²) in [5.74, 6) is 1.30. The van der Waals surface area contributed by atoms with Gasteiger partial charge in [-0.2, -0.15) is 0 Å². The molecule has 1 saturated carbocycles. The van der Waals surface area contributed by atoms with E-state index in [2.05, 4.69) is 20.1 Å². The molecule has 6 nitrogen and oxygen atoms in total. The van der Waals surface area contributed by atoms with Crippen LogP contribution in [-0.2, 0) is 11.4 Å². The van der Waals surface area contributed by atoms with Crippen molar-refractivity contribution in [3.63, 3.8) is 0 Å². The van der Waals surface area contributed by atoms with Crippen molar-refractivity contribution in [1.29, 1.82) is 0 Å². The number of carbonyl (C=O) groups excluding carboxylic acids is 1. The molecule has 162 valence electrons. The number of ether oxygens (including phenoxy) is 1. The molecule has 1 aromatic heterocycles. The Morgan fingerprint density at radius 2 is 2.03 bits per heavy atom. The summed E-state index contributed by atoms with van der Waals surface area (Å²) in [5.41, 5.74) is 2.99. The Labute approximate surface area is 191 Å². The number of nitrogens with zero attached hydrogens (tertiary/aromatic N) is 3. The van der Waals surface area contributed by atoms with Crippen LogP contribution in [-0.4, -0.2) is 25.9 Å². The third-order valence-electron chi connectivity index (χ3n) is 5.14. The van der Waals surface area contributed by atoms with Crippen molar-refractivity contribution >= 4 is 35.0 Å². The SMILES string of the molecule is Cc1ccc(C)c(NC(=O)C(C)Sc2nnc(COc3ccccc3Cl)n2C2CC2)c1. The van der Waals surface area contributed by atoms with E-state index >= 15 is 0 Å². The summed E-state index contributed by atoms with van der Waals surface area (Å²) in [6.45, 7) is 6.16. The van der Waals surface area contributed by atoms with E-state index in [1.807, 2.05) is 57.2 Å². The second kappa shape index (κ2) is 9.32. The molecule has 0 radical (unpaired) electrons. The number of hydrogen-bond donors (Lipinski definition) is 1. The highest BCUT2D eigenvalue weighted by molar-refractivity contribution is 8.00. The molecule has 0 saturated heterocycles. The molecule has 0 aliphatic heterocycles. The summed E-state index contributed by atoms with van der Waals surface area (Å²) in [5, 5.41) is 12.7. The van der Waals surface area contributed by atoms with Crippen molar-refractivity contribution in [2.45, 2.75) is 56.7 Å². The number of rotatable bonds is 8. The van der Waals surface area contributed by atoms with Crippen LogP contribution in [0.1, 0.15) is 42.8 Å². The minimum absolute atomic E-state index is 0.0575. The molecular weight excluding hydrogens is 432 g/mol. The molecule has 2 aromatic carbocycles.